The lowest BCUT2D eigenvalue weighted by atomic mass is 10.0. The Morgan fingerprint density at radius 1 is 1.33 bits per heavy atom. The maximum atomic E-state index is 12.2. The number of para-hydroxylation sites is 1. The summed E-state index contributed by atoms with van der Waals surface area (Å²) in [5.74, 6) is 0.264. The summed E-state index contributed by atoms with van der Waals surface area (Å²) >= 11 is 5.05. The highest BCUT2D eigenvalue weighted by molar-refractivity contribution is 9.11. The van der Waals surface area contributed by atoms with Gasteiger partial charge in [0.15, 0.2) is 5.78 Å². The topological polar surface area (TPSA) is 29.1 Å². The second kappa shape index (κ2) is 4.86. The molecule has 2 heterocycles. The Morgan fingerprint density at radius 3 is 2.89 bits per heavy atom. The summed E-state index contributed by atoms with van der Waals surface area (Å²) in [7, 11) is 0. The van der Waals surface area contributed by atoms with Crippen LogP contribution in [0.5, 0.6) is 0 Å². The molecule has 3 rings (SSSR count). The van der Waals surface area contributed by atoms with Crippen LogP contribution in [-0.4, -0.2) is 11.8 Å². The number of ketones is 1. The average molecular weight is 322 g/mol. The van der Waals surface area contributed by atoms with Crippen molar-refractivity contribution in [2.75, 3.05) is 5.32 Å². The van der Waals surface area contributed by atoms with Crippen molar-refractivity contribution in [1.82, 2.24) is 0 Å². The summed E-state index contributed by atoms with van der Waals surface area (Å²) in [5.41, 5.74) is 2.34. The van der Waals surface area contributed by atoms with Gasteiger partial charge in [-0.05, 0) is 39.7 Å². The van der Waals surface area contributed by atoms with Gasteiger partial charge in [0.1, 0.15) is 0 Å². The lowest BCUT2D eigenvalue weighted by Gasteiger charge is -2.08. The lowest BCUT2D eigenvalue weighted by molar-refractivity contribution is -0.119. The molecule has 0 amide bonds. The average Bonchev–Trinajstić information content (AvgIpc) is 2.95. The van der Waals surface area contributed by atoms with Crippen LogP contribution in [0, 0.1) is 0 Å². The first kappa shape index (κ1) is 11.9. The van der Waals surface area contributed by atoms with E-state index < -0.39 is 0 Å². The Bertz CT molecular complexity index is 568. The molecule has 1 unspecified atom stereocenters. The number of halogens is 1. The molecule has 0 bridgehead atoms. The molecular formula is C14H12BrNOS. The van der Waals surface area contributed by atoms with E-state index in [1.165, 1.54) is 5.56 Å². The van der Waals surface area contributed by atoms with E-state index in [0.717, 1.165) is 20.8 Å². The molecule has 92 valence electrons. The van der Waals surface area contributed by atoms with Crippen molar-refractivity contribution in [2.45, 2.75) is 18.9 Å². The zero-order valence-electron chi connectivity index (χ0n) is 9.65. The molecule has 2 nitrogen and oxygen atoms in total. The van der Waals surface area contributed by atoms with Crippen molar-refractivity contribution < 1.29 is 4.79 Å². The fourth-order valence-corrected chi connectivity index (χ4v) is 3.73. The van der Waals surface area contributed by atoms with E-state index in [0.29, 0.717) is 6.42 Å². The van der Waals surface area contributed by atoms with Crippen LogP contribution in [0.25, 0.3) is 0 Å². The molecule has 1 aliphatic heterocycles. The van der Waals surface area contributed by atoms with E-state index in [4.69, 9.17) is 0 Å². The molecule has 0 radical (unpaired) electrons. The number of hydrogen-bond donors (Lipinski definition) is 1. The number of anilines is 1. The first-order chi connectivity index (χ1) is 8.72. The summed E-state index contributed by atoms with van der Waals surface area (Å²) in [4.78, 5) is 13.3. The summed E-state index contributed by atoms with van der Waals surface area (Å²) in [6, 6.07) is 12.1. The molecule has 0 spiro atoms. The number of fused-ring (bicyclic) bond motifs is 1. The van der Waals surface area contributed by atoms with Gasteiger partial charge >= 0.3 is 0 Å². The number of benzene rings is 1. The van der Waals surface area contributed by atoms with Crippen LogP contribution < -0.4 is 5.32 Å². The molecule has 1 aromatic heterocycles. The minimum atomic E-state index is -0.0664. The van der Waals surface area contributed by atoms with Crippen molar-refractivity contribution in [1.29, 1.82) is 0 Å². The van der Waals surface area contributed by atoms with E-state index >= 15 is 0 Å². The fraction of sp³-hybridized carbons (Fsp3) is 0.214. The van der Waals surface area contributed by atoms with E-state index in [-0.39, 0.29) is 11.8 Å². The zero-order valence-corrected chi connectivity index (χ0v) is 12.1. The maximum absolute atomic E-state index is 12.2. The Labute approximate surface area is 118 Å². The van der Waals surface area contributed by atoms with Gasteiger partial charge in [0.05, 0.1) is 9.83 Å². The lowest BCUT2D eigenvalue weighted by Crippen LogP contribution is -2.28. The predicted molar refractivity (Wildman–Crippen MR) is 78.3 cm³/mol. The van der Waals surface area contributed by atoms with Crippen LogP contribution in [0.1, 0.15) is 10.4 Å². The quantitative estimate of drug-likeness (QED) is 0.934. The summed E-state index contributed by atoms with van der Waals surface area (Å²) in [5, 5.41) is 3.30. The van der Waals surface area contributed by atoms with Crippen molar-refractivity contribution in [3.8, 4) is 0 Å². The highest BCUT2D eigenvalue weighted by atomic mass is 79.9. The van der Waals surface area contributed by atoms with Crippen molar-refractivity contribution in [2.24, 2.45) is 0 Å². The Hall–Kier alpha value is -1.13. The van der Waals surface area contributed by atoms with Gasteiger partial charge in [-0.15, -0.1) is 11.3 Å². The van der Waals surface area contributed by atoms with Gasteiger partial charge in [-0.2, -0.15) is 0 Å². The van der Waals surface area contributed by atoms with Crippen molar-refractivity contribution in [3.05, 3.63) is 50.6 Å². The third kappa shape index (κ3) is 2.35. The molecule has 1 aromatic carbocycles. The Balaban J connectivity index is 1.69. The molecule has 1 aliphatic rings. The number of carbonyl (C=O) groups is 1. The third-order valence-corrected chi connectivity index (χ3v) is 4.76. The molecule has 4 heteroatoms. The molecule has 1 atom stereocenters. The molecule has 0 saturated carbocycles. The van der Waals surface area contributed by atoms with Crippen molar-refractivity contribution in [3.63, 3.8) is 0 Å². The van der Waals surface area contributed by atoms with E-state index in [2.05, 4.69) is 27.3 Å². The van der Waals surface area contributed by atoms with Gasteiger partial charge in [0, 0.05) is 23.4 Å². The summed E-state index contributed by atoms with van der Waals surface area (Å²) < 4.78 is 1.08. The number of carbonyl (C=O) groups excluding carboxylic acids is 1. The summed E-state index contributed by atoms with van der Waals surface area (Å²) in [6.45, 7) is 0. The normalized spacial score (nSPS) is 17.3. The Kier molecular flexibility index (Phi) is 3.22. The van der Waals surface area contributed by atoms with Crippen LogP contribution in [0.2, 0.25) is 0 Å². The number of nitrogens with one attached hydrogen (secondary N) is 1. The molecule has 2 aromatic rings. The molecular weight excluding hydrogens is 310 g/mol. The number of thiophene rings is 1. The van der Waals surface area contributed by atoms with Gasteiger partial charge in [-0.1, -0.05) is 18.2 Å². The van der Waals surface area contributed by atoms with Gasteiger partial charge < -0.3 is 5.32 Å². The number of Topliss-reactive ketones (excluding diaryl/α,β-unsaturated/α-hetero) is 1. The van der Waals surface area contributed by atoms with Crippen LogP contribution in [0.3, 0.4) is 0 Å². The largest absolute Gasteiger partial charge is 0.375 e. The van der Waals surface area contributed by atoms with E-state index in [1.54, 1.807) is 11.3 Å². The second-order valence-corrected chi connectivity index (χ2v) is 6.95. The highest BCUT2D eigenvalue weighted by Crippen LogP contribution is 2.27. The first-order valence-corrected chi connectivity index (χ1v) is 7.45. The first-order valence-electron chi connectivity index (χ1n) is 5.84. The fourth-order valence-electron chi connectivity index (χ4n) is 2.23. The predicted octanol–water partition coefficient (Wildman–Crippen LogP) is 3.66. The third-order valence-electron chi connectivity index (χ3n) is 3.14. The molecule has 1 N–H and O–H groups in total. The summed E-state index contributed by atoms with van der Waals surface area (Å²) in [6.07, 6.45) is 1.32. The molecule has 0 fully saturated rings. The number of hydrogen-bond acceptors (Lipinski definition) is 3. The van der Waals surface area contributed by atoms with Crippen LogP contribution in [0.4, 0.5) is 5.69 Å². The van der Waals surface area contributed by atoms with Crippen LogP contribution >= 0.6 is 27.3 Å². The van der Waals surface area contributed by atoms with Gasteiger partial charge in [0.2, 0.25) is 0 Å². The molecule has 0 saturated heterocycles. The van der Waals surface area contributed by atoms with E-state index in [9.17, 15) is 4.79 Å². The monoisotopic (exact) mass is 321 g/mol. The SMILES string of the molecule is O=C(Cc1ccc(Br)s1)C1Cc2ccccc2N1. The number of rotatable bonds is 3. The van der Waals surface area contributed by atoms with Gasteiger partial charge in [-0.25, -0.2) is 0 Å². The smallest absolute Gasteiger partial charge is 0.160 e. The minimum absolute atomic E-state index is 0.0664. The second-order valence-electron chi connectivity index (χ2n) is 4.41. The molecule has 18 heavy (non-hydrogen) atoms. The Morgan fingerprint density at radius 2 is 2.17 bits per heavy atom. The molecule has 0 aliphatic carbocycles. The van der Waals surface area contributed by atoms with Crippen LogP contribution in [-0.2, 0) is 17.6 Å². The van der Waals surface area contributed by atoms with Gasteiger partial charge in [-0.3, -0.25) is 4.79 Å². The van der Waals surface area contributed by atoms with Crippen molar-refractivity contribution >= 4 is 38.7 Å². The highest BCUT2D eigenvalue weighted by Gasteiger charge is 2.26. The van der Waals surface area contributed by atoms with Crippen LogP contribution in [0.15, 0.2) is 40.2 Å². The zero-order chi connectivity index (χ0) is 12.5. The maximum Gasteiger partial charge on any atom is 0.160 e. The van der Waals surface area contributed by atoms with E-state index in [1.807, 2.05) is 30.3 Å². The standard InChI is InChI=1S/C14H12BrNOS/c15-14-6-5-10(18-14)8-13(17)12-7-9-3-1-2-4-11(9)16-12/h1-6,12,16H,7-8H2. The minimum Gasteiger partial charge on any atom is -0.375 e. The van der Waals surface area contributed by atoms with Gasteiger partial charge in [0.25, 0.3) is 0 Å².